The Morgan fingerprint density at radius 2 is 2.27 bits per heavy atom. The van der Waals surface area contributed by atoms with Crippen molar-refractivity contribution in [2.75, 3.05) is 13.7 Å². The highest BCUT2D eigenvalue weighted by atomic mass is 32.1. The quantitative estimate of drug-likeness (QED) is 0.806. The van der Waals surface area contributed by atoms with E-state index in [2.05, 4.69) is 37.5 Å². The Balaban J connectivity index is 2.69. The molecule has 0 aliphatic carbocycles. The summed E-state index contributed by atoms with van der Waals surface area (Å²) < 4.78 is 5.33. The molecule has 86 valence electrons. The van der Waals surface area contributed by atoms with Crippen LogP contribution in [0.1, 0.15) is 36.8 Å². The second-order valence-corrected chi connectivity index (χ2v) is 4.94. The summed E-state index contributed by atoms with van der Waals surface area (Å²) in [5, 5.41) is 5.68. The molecule has 0 aliphatic rings. The van der Waals surface area contributed by atoms with E-state index in [-0.39, 0.29) is 0 Å². The molecule has 0 fully saturated rings. The maximum absolute atomic E-state index is 5.33. The molecule has 1 heterocycles. The van der Waals surface area contributed by atoms with Gasteiger partial charge < -0.3 is 10.1 Å². The molecule has 1 aromatic heterocycles. The molecule has 15 heavy (non-hydrogen) atoms. The molecule has 0 spiro atoms. The number of methoxy groups -OCH3 is 1. The third-order valence-corrected chi connectivity index (χ3v) is 3.56. The van der Waals surface area contributed by atoms with Crippen molar-refractivity contribution >= 4 is 11.3 Å². The van der Waals surface area contributed by atoms with Crippen LogP contribution in [0.4, 0.5) is 0 Å². The van der Waals surface area contributed by atoms with Gasteiger partial charge in [-0.25, -0.2) is 0 Å². The number of hydrogen-bond donors (Lipinski definition) is 1. The van der Waals surface area contributed by atoms with Crippen LogP contribution in [-0.2, 0) is 4.74 Å². The van der Waals surface area contributed by atoms with E-state index in [1.807, 2.05) is 11.3 Å². The zero-order valence-corrected chi connectivity index (χ0v) is 10.9. The van der Waals surface area contributed by atoms with Crippen molar-refractivity contribution in [2.24, 2.45) is 0 Å². The van der Waals surface area contributed by atoms with Crippen LogP contribution in [0.25, 0.3) is 0 Å². The molecule has 0 amide bonds. The first-order valence-corrected chi connectivity index (χ1v) is 6.37. The van der Waals surface area contributed by atoms with Crippen LogP contribution < -0.4 is 5.32 Å². The van der Waals surface area contributed by atoms with Gasteiger partial charge in [-0.15, -0.1) is 11.3 Å². The predicted octanol–water partition coefficient (Wildman–Crippen LogP) is 3.13. The van der Waals surface area contributed by atoms with Crippen molar-refractivity contribution in [3.63, 3.8) is 0 Å². The summed E-state index contributed by atoms with van der Waals surface area (Å²) in [6.45, 7) is 7.44. The molecule has 2 atom stereocenters. The minimum Gasteiger partial charge on any atom is -0.382 e. The second-order valence-electron chi connectivity index (χ2n) is 3.82. The average molecular weight is 227 g/mol. The largest absolute Gasteiger partial charge is 0.382 e. The Morgan fingerprint density at radius 3 is 2.73 bits per heavy atom. The van der Waals surface area contributed by atoms with E-state index in [0.29, 0.717) is 12.1 Å². The van der Waals surface area contributed by atoms with Crippen LogP contribution in [0, 0.1) is 6.92 Å². The van der Waals surface area contributed by atoms with Crippen molar-refractivity contribution in [2.45, 2.75) is 39.3 Å². The van der Waals surface area contributed by atoms with Crippen LogP contribution in [0.3, 0.4) is 0 Å². The van der Waals surface area contributed by atoms with Crippen LogP contribution in [0.15, 0.2) is 11.4 Å². The van der Waals surface area contributed by atoms with E-state index >= 15 is 0 Å². The van der Waals surface area contributed by atoms with E-state index in [0.717, 1.165) is 13.0 Å². The standard InChI is InChI=1S/C12H21NOS/c1-5-13-12(8-9(2)14-4)11-6-7-15-10(11)3/h6-7,9,12-13H,5,8H2,1-4H3. The smallest absolute Gasteiger partial charge is 0.0561 e. The zero-order valence-electron chi connectivity index (χ0n) is 10.0. The third kappa shape index (κ3) is 3.59. The fourth-order valence-electron chi connectivity index (χ4n) is 1.75. The summed E-state index contributed by atoms with van der Waals surface area (Å²) in [4.78, 5) is 1.41. The molecule has 1 aromatic rings. The number of nitrogens with one attached hydrogen (secondary N) is 1. The number of thiophene rings is 1. The van der Waals surface area contributed by atoms with Gasteiger partial charge in [0.15, 0.2) is 0 Å². The van der Waals surface area contributed by atoms with Crippen molar-refractivity contribution in [1.82, 2.24) is 5.32 Å². The molecule has 0 saturated carbocycles. The Morgan fingerprint density at radius 1 is 1.53 bits per heavy atom. The topological polar surface area (TPSA) is 21.3 Å². The Hall–Kier alpha value is -0.380. The fourth-order valence-corrected chi connectivity index (χ4v) is 2.52. The highest BCUT2D eigenvalue weighted by Gasteiger charge is 2.16. The number of rotatable bonds is 6. The van der Waals surface area contributed by atoms with E-state index < -0.39 is 0 Å². The van der Waals surface area contributed by atoms with Gasteiger partial charge in [0, 0.05) is 18.0 Å². The third-order valence-electron chi connectivity index (χ3n) is 2.69. The maximum atomic E-state index is 5.33. The summed E-state index contributed by atoms with van der Waals surface area (Å²) in [5.74, 6) is 0. The van der Waals surface area contributed by atoms with Crippen molar-refractivity contribution in [3.05, 3.63) is 21.9 Å². The van der Waals surface area contributed by atoms with E-state index in [4.69, 9.17) is 4.74 Å². The number of aryl methyl sites for hydroxylation is 1. The van der Waals surface area contributed by atoms with Crippen LogP contribution in [0.2, 0.25) is 0 Å². The minimum atomic E-state index is 0.299. The first-order chi connectivity index (χ1) is 7.19. The lowest BCUT2D eigenvalue weighted by Crippen LogP contribution is -2.25. The van der Waals surface area contributed by atoms with Crippen molar-refractivity contribution in [1.29, 1.82) is 0 Å². The van der Waals surface area contributed by atoms with Gasteiger partial charge in [0.05, 0.1) is 6.10 Å². The molecule has 0 bridgehead atoms. The van der Waals surface area contributed by atoms with Gasteiger partial charge in [0.1, 0.15) is 0 Å². The normalized spacial score (nSPS) is 15.2. The fraction of sp³-hybridized carbons (Fsp3) is 0.667. The monoisotopic (exact) mass is 227 g/mol. The molecule has 1 N–H and O–H groups in total. The first-order valence-electron chi connectivity index (χ1n) is 5.49. The molecule has 0 saturated heterocycles. The zero-order chi connectivity index (χ0) is 11.3. The molecule has 0 aromatic carbocycles. The van der Waals surface area contributed by atoms with E-state index in [1.54, 1.807) is 7.11 Å². The highest BCUT2D eigenvalue weighted by molar-refractivity contribution is 7.10. The highest BCUT2D eigenvalue weighted by Crippen LogP contribution is 2.26. The molecular formula is C12H21NOS. The van der Waals surface area contributed by atoms with Gasteiger partial charge >= 0.3 is 0 Å². The van der Waals surface area contributed by atoms with E-state index in [9.17, 15) is 0 Å². The Labute approximate surface area is 96.7 Å². The molecule has 0 aliphatic heterocycles. The van der Waals surface area contributed by atoms with Gasteiger partial charge in [-0.3, -0.25) is 0 Å². The predicted molar refractivity (Wildman–Crippen MR) is 66.6 cm³/mol. The van der Waals surface area contributed by atoms with Crippen LogP contribution in [0.5, 0.6) is 0 Å². The average Bonchev–Trinajstić information content (AvgIpc) is 2.63. The van der Waals surface area contributed by atoms with Crippen molar-refractivity contribution < 1.29 is 4.74 Å². The van der Waals surface area contributed by atoms with Gasteiger partial charge in [-0.1, -0.05) is 6.92 Å². The van der Waals surface area contributed by atoms with E-state index in [1.165, 1.54) is 10.4 Å². The summed E-state index contributed by atoms with van der Waals surface area (Å²) in [5.41, 5.74) is 1.42. The Kier molecular flexibility index (Phi) is 5.29. The van der Waals surface area contributed by atoms with Crippen molar-refractivity contribution in [3.8, 4) is 0 Å². The van der Waals surface area contributed by atoms with Crippen LogP contribution in [-0.4, -0.2) is 19.8 Å². The van der Waals surface area contributed by atoms with Gasteiger partial charge in [-0.2, -0.15) is 0 Å². The minimum absolute atomic E-state index is 0.299. The molecule has 0 radical (unpaired) electrons. The summed E-state index contributed by atoms with van der Waals surface area (Å²) in [7, 11) is 1.77. The summed E-state index contributed by atoms with van der Waals surface area (Å²) in [6.07, 6.45) is 1.33. The van der Waals surface area contributed by atoms with Gasteiger partial charge in [0.2, 0.25) is 0 Å². The number of hydrogen-bond acceptors (Lipinski definition) is 3. The SMILES string of the molecule is CCNC(CC(C)OC)c1ccsc1C. The van der Waals surface area contributed by atoms with Gasteiger partial charge in [-0.05, 0) is 43.8 Å². The lowest BCUT2D eigenvalue weighted by Gasteiger charge is -2.21. The summed E-state index contributed by atoms with van der Waals surface area (Å²) >= 11 is 1.81. The molecule has 1 rings (SSSR count). The Bertz CT molecular complexity index is 285. The lowest BCUT2D eigenvalue weighted by molar-refractivity contribution is 0.101. The lowest BCUT2D eigenvalue weighted by atomic mass is 10.0. The summed E-state index contributed by atoms with van der Waals surface area (Å²) in [6, 6.07) is 2.64. The first kappa shape index (κ1) is 12.7. The van der Waals surface area contributed by atoms with Gasteiger partial charge in [0.25, 0.3) is 0 Å². The maximum Gasteiger partial charge on any atom is 0.0561 e. The molecule has 3 heteroatoms. The second kappa shape index (κ2) is 6.26. The van der Waals surface area contributed by atoms with Crippen LogP contribution >= 0.6 is 11.3 Å². The molecule has 2 unspecified atom stereocenters. The number of ether oxygens (including phenoxy) is 1. The molecule has 2 nitrogen and oxygen atoms in total. The molecular weight excluding hydrogens is 206 g/mol.